The van der Waals surface area contributed by atoms with Crippen LogP contribution in [0.2, 0.25) is 0 Å². The Bertz CT molecular complexity index is 743. The molecule has 0 bridgehead atoms. The second kappa shape index (κ2) is 9.60. The topological polar surface area (TPSA) is 95.2 Å². The fourth-order valence-corrected chi connectivity index (χ4v) is 6.18. The van der Waals surface area contributed by atoms with Crippen molar-refractivity contribution in [3.8, 4) is 0 Å². The molecule has 1 aliphatic carbocycles. The van der Waals surface area contributed by atoms with E-state index in [1.165, 1.54) is 67.0 Å². The molecule has 1 aromatic rings. The molecule has 0 amide bonds. The van der Waals surface area contributed by atoms with Gasteiger partial charge in [0.05, 0.1) is 0 Å². The number of benzene rings is 1. The Hall–Kier alpha value is -0.800. The van der Waals surface area contributed by atoms with E-state index in [0.717, 1.165) is 0 Å². The van der Waals surface area contributed by atoms with Gasteiger partial charge in [-0.15, -0.1) is 10.2 Å². The van der Waals surface area contributed by atoms with Crippen LogP contribution in [0.3, 0.4) is 0 Å². The highest BCUT2D eigenvalue weighted by Crippen LogP contribution is 2.51. The molecule has 1 aromatic carbocycles. The summed E-state index contributed by atoms with van der Waals surface area (Å²) in [6.45, 7) is 2.55. The lowest BCUT2D eigenvalue weighted by molar-refractivity contribution is -2.00. The minimum Gasteiger partial charge on any atom is -0.233 e. The predicted octanol–water partition coefficient (Wildman–Crippen LogP) is 0.742. The molecule has 27 heavy (non-hydrogen) atoms. The smallest absolute Gasteiger partial charge is 0.180 e. The summed E-state index contributed by atoms with van der Waals surface area (Å²) in [5.74, 6) is 0. The van der Waals surface area contributed by atoms with E-state index in [1.807, 2.05) is 21.6 Å². The van der Waals surface area contributed by atoms with Gasteiger partial charge in [-0.1, -0.05) is 51.9 Å². The first kappa shape index (κ1) is 20.9. The zero-order chi connectivity index (χ0) is 19.3. The van der Waals surface area contributed by atoms with E-state index in [-0.39, 0.29) is 0 Å². The van der Waals surface area contributed by atoms with Crippen molar-refractivity contribution in [1.29, 1.82) is 0 Å². The first-order valence-electron chi connectivity index (χ1n) is 8.99. The van der Waals surface area contributed by atoms with E-state index < -0.39 is 10.2 Å². The van der Waals surface area contributed by atoms with Crippen LogP contribution < -0.4 is 18.6 Å². The van der Waals surface area contributed by atoms with Crippen molar-refractivity contribution >= 4 is 32.2 Å². The van der Waals surface area contributed by atoms with Crippen molar-refractivity contribution in [2.45, 2.75) is 38.5 Å². The number of hydrogen-bond acceptors (Lipinski definition) is 6. The molecule has 0 N–H and O–H groups in total. The monoisotopic (exact) mass is 427 g/mol. The zero-order valence-electron chi connectivity index (χ0n) is 14.9. The van der Waals surface area contributed by atoms with Gasteiger partial charge < -0.3 is 0 Å². The number of nitrogens with zero attached hydrogens (tertiary/aromatic N) is 1. The van der Waals surface area contributed by atoms with Crippen LogP contribution in [0.5, 0.6) is 0 Å². The normalized spacial score (nSPS) is 23.2. The Morgan fingerprint density at radius 1 is 0.815 bits per heavy atom. The summed E-state index contributed by atoms with van der Waals surface area (Å²) in [4.78, 5) is 2.94. The third kappa shape index (κ3) is 6.35. The van der Waals surface area contributed by atoms with Gasteiger partial charge in [-0.25, -0.2) is 23.2 Å². The number of halogens is 1. The van der Waals surface area contributed by atoms with Crippen molar-refractivity contribution in [3.05, 3.63) is 52.4 Å². The van der Waals surface area contributed by atoms with Gasteiger partial charge in [-0.2, -0.15) is 0 Å². The van der Waals surface area contributed by atoms with Crippen molar-refractivity contribution < 1.29 is 33.5 Å². The van der Waals surface area contributed by atoms with Crippen LogP contribution >= 0.6 is 21.6 Å². The van der Waals surface area contributed by atoms with Crippen LogP contribution in [0.25, 0.3) is 4.91 Å². The zero-order valence-corrected chi connectivity index (χ0v) is 17.3. The van der Waals surface area contributed by atoms with Crippen molar-refractivity contribution in [3.63, 3.8) is 0 Å². The molecular weight excluding hydrogens is 406 g/mol. The van der Waals surface area contributed by atoms with Crippen LogP contribution in [0.1, 0.15) is 44.1 Å². The Kier molecular flexibility index (Phi) is 7.44. The molecule has 0 atom stereocenters. The largest absolute Gasteiger partial charge is 0.233 e. The lowest BCUT2D eigenvalue weighted by Gasteiger charge is -2.17. The van der Waals surface area contributed by atoms with E-state index in [1.54, 1.807) is 11.3 Å². The Morgan fingerprint density at radius 3 is 2.11 bits per heavy atom. The Balaban J connectivity index is 0.000000376. The average Bonchev–Trinajstić information content (AvgIpc) is 3.33. The third-order valence-corrected chi connectivity index (χ3v) is 7.25. The summed E-state index contributed by atoms with van der Waals surface area (Å²) in [6, 6.07) is 10.8. The van der Waals surface area contributed by atoms with Crippen LogP contribution in [-0.4, -0.2) is 23.4 Å². The van der Waals surface area contributed by atoms with E-state index >= 15 is 0 Å². The Labute approximate surface area is 169 Å². The second-order valence-corrected chi connectivity index (χ2v) is 9.58. The molecule has 8 heteroatoms. The second-order valence-electron chi connectivity index (χ2n) is 6.61. The number of allylic oxidation sites excluding steroid dienone is 2. The SMILES string of the molecule is C1=C(c2ccccc2)SS/C1=C1/CCCCC1=[N+]1CCCC1.[O-][Cl+3]([O-])([O-])[O-]. The molecule has 3 aliphatic rings. The molecule has 0 aromatic heterocycles. The standard InChI is InChI=1S/C19H22NS2.ClHO4/c1-2-8-15(9-3-1)18-14-19(22-21-18)16-10-4-5-11-17(16)20-12-6-7-13-20;2-1(3,4)5/h1-3,8-9,14H,4-7,10-13H2;(H,2,3,4,5)/q+1;/p-1/b19-16-;. The molecule has 5 nitrogen and oxygen atoms in total. The number of hydrogen-bond donors (Lipinski definition) is 0. The number of rotatable bonds is 1. The highest BCUT2D eigenvalue weighted by molar-refractivity contribution is 8.82. The van der Waals surface area contributed by atoms with E-state index in [4.69, 9.17) is 18.6 Å². The summed E-state index contributed by atoms with van der Waals surface area (Å²) in [5.41, 5.74) is 4.67. The molecule has 2 fully saturated rings. The van der Waals surface area contributed by atoms with E-state index in [9.17, 15) is 0 Å². The predicted molar refractivity (Wildman–Crippen MR) is 99.3 cm³/mol. The molecule has 146 valence electrons. The maximum Gasteiger partial charge on any atom is 0.180 e. The van der Waals surface area contributed by atoms with Crippen molar-refractivity contribution in [2.24, 2.45) is 0 Å². The fourth-order valence-electron chi connectivity index (χ4n) is 3.62. The lowest BCUT2D eigenvalue weighted by atomic mass is 9.91. The maximum absolute atomic E-state index is 8.49. The molecule has 0 unspecified atom stereocenters. The molecule has 2 aliphatic heterocycles. The van der Waals surface area contributed by atoms with Crippen molar-refractivity contribution in [2.75, 3.05) is 13.1 Å². The summed E-state index contributed by atoms with van der Waals surface area (Å²) in [6.07, 6.45) is 10.5. The van der Waals surface area contributed by atoms with E-state index in [0.29, 0.717) is 0 Å². The van der Waals surface area contributed by atoms with Crippen LogP contribution in [0.4, 0.5) is 0 Å². The maximum atomic E-state index is 8.49. The molecule has 2 heterocycles. The van der Waals surface area contributed by atoms with E-state index in [2.05, 4.69) is 41.0 Å². The third-order valence-electron chi connectivity index (χ3n) is 4.77. The van der Waals surface area contributed by atoms with Gasteiger partial charge in [0.15, 0.2) is 5.71 Å². The average molecular weight is 428 g/mol. The highest BCUT2D eigenvalue weighted by atomic mass is 35.7. The Morgan fingerprint density at radius 2 is 1.44 bits per heavy atom. The van der Waals surface area contributed by atoms with Gasteiger partial charge in [-0.05, 0) is 30.9 Å². The first-order valence-corrected chi connectivity index (χ1v) is 12.4. The van der Waals surface area contributed by atoms with Crippen LogP contribution in [-0.2, 0) is 0 Å². The van der Waals surface area contributed by atoms with Gasteiger partial charge in [0.2, 0.25) is 0 Å². The minimum absolute atomic E-state index is 1.27. The van der Waals surface area contributed by atoms with Gasteiger partial charge >= 0.3 is 0 Å². The molecule has 1 saturated heterocycles. The quantitative estimate of drug-likeness (QED) is 0.484. The molecule has 0 spiro atoms. The lowest BCUT2D eigenvalue weighted by Crippen LogP contribution is -2.68. The minimum atomic E-state index is -4.94. The summed E-state index contributed by atoms with van der Waals surface area (Å²) in [7, 11) is -1.04. The fraction of sp³-hybridized carbons (Fsp3) is 0.421. The first-order chi connectivity index (χ1) is 12.9. The summed E-state index contributed by atoms with van der Waals surface area (Å²) < 4.78 is 36.6. The molecular formula is C19H22ClNO4S2. The van der Waals surface area contributed by atoms with Gasteiger partial charge in [0.1, 0.15) is 13.1 Å². The van der Waals surface area contributed by atoms with Crippen LogP contribution in [0, 0.1) is 10.2 Å². The highest BCUT2D eigenvalue weighted by Gasteiger charge is 2.29. The van der Waals surface area contributed by atoms with Crippen molar-refractivity contribution in [1.82, 2.24) is 0 Å². The van der Waals surface area contributed by atoms with Crippen LogP contribution in [0.15, 0.2) is 46.9 Å². The molecule has 1 saturated carbocycles. The van der Waals surface area contributed by atoms with Gasteiger partial charge in [0.25, 0.3) is 0 Å². The summed E-state index contributed by atoms with van der Waals surface area (Å²) in [5, 5.41) is 0. The molecule has 4 rings (SSSR count). The molecule has 0 radical (unpaired) electrons. The van der Waals surface area contributed by atoms with Gasteiger partial charge in [-0.3, -0.25) is 0 Å². The summed E-state index contributed by atoms with van der Waals surface area (Å²) >= 11 is 0. The van der Waals surface area contributed by atoms with Gasteiger partial charge in [0, 0.05) is 34.6 Å².